The molecule has 3 nitrogen and oxygen atoms in total. The summed E-state index contributed by atoms with van der Waals surface area (Å²) in [5.74, 6) is 0.312. The third-order valence-electron chi connectivity index (χ3n) is 1.27. The Labute approximate surface area is 76.6 Å². The Morgan fingerprint density at radius 3 is 2.55 bits per heavy atom. The zero-order valence-electron chi connectivity index (χ0n) is 6.14. The van der Waals surface area contributed by atoms with Crippen molar-refractivity contribution >= 4 is 31.5 Å². The zero-order chi connectivity index (χ0) is 8.91. The van der Waals surface area contributed by atoms with Crippen LogP contribution >= 0.6 is 31.5 Å². The third-order valence-corrected chi connectivity index (χ3v) is 2.68. The summed E-state index contributed by atoms with van der Waals surface area (Å²) in [7, 11) is -2.97. The van der Waals surface area contributed by atoms with Crippen LogP contribution in [0.3, 0.4) is 0 Å². The molecule has 0 saturated carbocycles. The maximum atomic E-state index is 10.3. The topological polar surface area (TPSA) is 46.5 Å². The van der Waals surface area contributed by atoms with Gasteiger partial charge in [-0.15, -0.1) is 11.6 Å². The minimum Gasteiger partial charge on any atom is -0.326 e. The molecule has 68 valence electrons. The normalized spacial score (nSPS) is 19.3. The summed E-state index contributed by atoms with van der Waals surface area (Å²) in [4.78, 5) is 8.44. The second kappa shape index (κ2) is 5.39. The number of hydrogen-bond acceptors (Lipinski definition) is 2. The first-order valence-electron chi connectivity index (χ1n) is 3.21. The molecule has 0 aliphatic rings. The number of halogens is 2. The van der Waals surface area contributed by atoms with Crippen molar-refractivity contribution in [3.8, 4) is 0 Å². The summed E-state index contributed by atoms with van der Waals surface area (Å²) in [6.45, 7) is 1.77. The predicted octanol–water partition coefficient (Wildman–Crippen LogP) is 2.36. The minimum atomic E-state index is -2.97. The molecule has 0 saturated heterocycles. The Kier molecular flexibility index (Phi) is 5.75. The lowest BCUT2D eigenvalue weighted by atomic mass is 10.2. The van der Waals surface area contributed by atoms with Crippen LogP contribution in [0.15, 0.2) is 0 Å². The van der Waals surface area contributed by atoms with Crippen molar-refractivity contribution in [1.82, 2.24) is 0 Å². The van der Waals surface area contributed by atoms with Gasteiger partial charge in [0.2, 0.25) is 0 Å². The van der Waals surface area contributed by atoms with E-state index in [0.717, 1.165) is 0 Å². The average molecular weight is 221 g/mol. The summed E-state index contributed by atoms with van der Waals surface area (Å²) < 4.78 is 14.9. The molecule has 1 N–H and O–H groups in total. The van der Waals surface area contributed by atoms with E-state index in [4.69, 9.17) is 28.1 Å². The van der Waals surface area contributed by atoms with E-state index in [1.165, 1.54) is 0 Å². The van der Waals surface area contributed by atoms with Crippen LogP contribution in [0.25, 0.3) is 0 Å². The summed E-state index contributed by atoms with van der Waals surface area (Å²) in [6, 6.07) is 0. The van der Waals surface area contributed by atoms with Gasteiger partial charge in [0.1, 0.15) is 0 Å². The van der Waals surface area contributed by atoms with Crippen LogP contribution in [0.1, 0.15) is 19.8 Å². The number of hydrogen-bond donors (Lipinski definition) is 1. The highest BCUT2D eigenvalue weighted by atomic mass is 35.5. The second-order valence-electron chi connectivity index (χ2n) is 2.04. The van der Waals surface area contributed by atoms with Crippen molar-refractivity contribution in [2.75, 3.05) is 5.88 Å². The highest BCUT2D eigenvalue weighted by Crippen LogP contribution is 2.35. The van der Waals surface area contributed by atoms with Gasteiger partial charge in [0.15, 0.2) is 5.06 Å². The molecule has 0 aromatic carbocycles. The fourth-order valence-corrected chi connectivity index (χ4v) is 1.85. The van der Waals surface area contributed by atoms with Gasteiger partial charge in [-0.1, -0.05) is 18.5 Å². The van der Waals surface area contributed by atoms with Crippen molar-refractivity contribution in [2.24, 2.45) is 0 Å². The monoisotopic (exact) mass is 220 g/mol. The summed E-state index contributed by atoms with van der Waals surface area (Å²) in [5, 5.41) is -1.06. The van der Waals surface area contributed by atoms with Crippen LogP contribution in [0, 0.1) is 0 Å². The Balaban J connectivity index is 3.98. The van der Waals surface area contributed by atoms with E-state index in [2.05, 4.69) is 4.52 Å². The lowest BCUT2D eigenvalue weighted by Gasteiger charge is -2.22. The Morgan fingerprint density at radius 1 is 1.73 bits per heavy atom. The first-order valence-corrected chi connectivity index (χ1v) is 5.38. The van der Waals surface area contributed by atoms with Gasteiger partial charge in [-0.2, -0.15) is 0 Å². The smallest absolute Gasteiger partial charge is 0.318 e. The molecule has 0 aromatic heterocycles. The van der Waals surface area contributed by atoms with E-state index >= 15 is 0 Å². The Bertz CT molecular complexity index is 144. The predicted molar refractivity (Wildman–Crippen MR) is 46.5 cm³/mol. The molecule has 0 bridgehead atoms. The first kappa shape index (κ1) is 11.7. The SMILES string of the molecule is CCC(Cl)(CCCl)O[PH](=O)O. The molecule has 11 heavy (non-hydrogen) atoms. The fraction of sp³-hybridized carbons (Fsp3) is 1.00. The average Bonchev–Trinajstić information content (AvgIpc) is 1.87. The van der Waals surface area contributed by atoms with Gasteiger partial charge in [0.25, 0.3) is 0 Å². The van der Waals surface area contributed by atoms with Gasteiger partial charge < -0.3 is 4.89 Å². The lowest BCUT2D eigenvalue weighted by Crippen LogP contribution is -2.21. The van der Waals surface area contributed by atoms with Crippen LogP contribution in [0.2, 0.25) is 0 Å². The van der Waals surface area contributed by atoms with Crippen molar-refractivity contribution < 1.29 is 14.0 Å². The van der Waals surface area contributed by atoms with Gasteiger partial charge in [0.05, 0.1) is 0 Å². The van der Waals surface area contributed by atoms with Crippen molar-refractivity contribution in [1.29, 1.82) is 0 Å². The van der Waals surface area contributed by atoms with E-state index in [-0.39, 0.29) is 0 Å². The maximum Gasteiger partial charge on any atom is 0.318 e. The molecule has 0 rings (SSSR count). The van der Waals surface area contributed by atoms with E-state index in [9.17, 15) is 4.57 Å². The van der Waals surface area contributed by atoms with Gasteiger partial charge in [-0.25, -0.2) is 0 Å². The Morgan fingerprint density at radius 2 is 2.27 bits per heavy atom. The van der Waals surface area contributed by atoms with E-state index in [1.807, 2.05) is 0 Å². The molecular weight excluding hydrogens is 210 g/mol. The number of alkyl halides is 2. The summed E-state index contributed by atoms with van der Waals surface area (Å²) >= 11 is 11.2. The second-order valence-corrected chi connectivity index (χ2v) is 3.85. The van der Waals surface area contributed by atoms with Gasteiger partial charge in [0, 0.05) is 12.3 Å². The van der Waals surface area contributed by atoms with E-state index < -0.39 is 13.3 Å². The lowest BCUT2D eigenvalue weighted by molar-refractivity contribution is 0.140. The maximum absolute atomic E-state index is 10.3. The highest BCUT2D eigenvalue weighted by Gasteiger charge is 2.26. The van der Waals surface area contributed by atoms with Crippen LogP contribution < -0.4 is 0 Å². The molecule has 0 aliphatic carbocycles. The van der Waals surface area contributed by atoms with Crippen molar-refractivity contribution in [2.45, 2.75) is 24.8 Å². The molecule has 2 unspecified atom stereocenters. The Hall–Kier alpha value is 0.730. The van der Waals surface area contributed by atoms with Crippen LogP contribution in [0.4, 0.5) is 0 Å². The minimum absolute atomic E-state index is 0.312. The van der Waals surface area contributed by atoms with Gasteiger partial charge >= 0.3 is 8.25 Å². The summed E-state index contributed by atoms with van der Waals surface area (Å²) in [6.07, 6.45) is 0.821. The molecule has 0 fully saturated rings. The molecule has 0 heterocycles. The number of rotatable bonds is 5. The molecule has 2 atom stereocenters. The molecule has 0 radical (unpaired) electrons. The van der Waals surface area contributed by atoms with Crippen molar-refractivity contribution in [3.63, 3.8) is 0 Å². The molecule has 0 aliphatic heterocycles. The largest absolute Gasteiger partial charge is 0.326 e. The molecular formula is C5H11Cl2O3P. The quantitative estimate of drug-likeness (QED) is 0.572. The van der Waals surface area contributed by atoms with Crippen LogP contribution in [0.5, 0.6) is 0 Å². The third kappa shape index (κ3) is 5.05. The molecule has 0 amide bonds. The molecule has 0 spiro atoms. The first-order chi connectivity index (χ1) is 5.04. The van der Waals surface area contributed by atoms with Gasteiger partial charge in [-0.05, 0) is 6.42 Å². The van der Waals surface area contributed by atoms with E-state index in [0.29, 0.717) is 18.7 Å². The van der Waals surface area contributed by atoms with Crippen LogP contribution in [-0.2, 0) is 9.09 Å². The van der Waals surface area contributed by atoms with Crippen molar-refractivity contribution in [3.05, 3.63) is 0 Å². The van der Waals surface area contributed by atoms with E-state index in [1.54, 1.807) is 6.92 Å². The summed E-state index contributed by atoms with van der Waals surface area (Å²) in [5.41, 5.74) is 0. The molecule has 6 heteroatoms. The standard InChI is InChI=1S/C5H11Cl2O3P/c1-2-5(7,3-4-6)10-11(8)9/h11H,2-4H2,1H3,(H,8,9). The molecule has 0 aromatic rings. The fourth-order valence-electron chi connectivity index (χ4n) is 0.598. The zero-order valence-corrected chi connectivity index (χ0v) is 8.65. The van der Waals surface area contributed by atoms with Crippen LogP contribution in [-0.4, -0.2) is 15.8 Å². The van der Waals surface area contributed by atoms with Gasteiger partial charge in [-0.3, -0.25) is 9.09 Å². The highest BCUT2D eigenvalue weighted by molar-refractivity contribution is 7.32.